The first-order valence-electron chi connectivity index (χ1n) is 6.61. The first-order chi connectivity index (χ1) is 8.31. The van der Waals surface area contributed by atoms with Crippen LogP contribution in [0.5, 0.6) is 5.75 Å². The molecule has 1 aliphatic carbocycles. The van der Waals surface area contributed by atoms with Gasteiger partial charge in [0.1, 0.15) is 0 Å². The van der Waals surface area contributed by atoms with Gasteiger partial charge in [0.05, 0.1) is 19.0 Å². The minimum absolute atomic E-state index is 0.531. The van der Waals surface area contributed by atoms with Crippen molar-refractivity contribution in [1.29, 1.82) is 0 Å². The van der Waals surface area contributed by atoms with Gasteiger partial charge < -0.3 is 10.5 Å². The van der Waals surface area contributed by atoms with E-state index in [9.17, 15) is 0 Å². The lowest BCUT2D eigenvalue weighted by atomic mass is 9.92. The summed E-state index contributed by atoms with van der Waals surface area (Å²) in [5, 5.41) is 4.44. The molecule has 0 bridgehead atoms. The summed E-state index contributed by atoms with van der Waals surface area (Å²) in [7, 11) is 1.73. The number of hydrogen-bond acceptors (Lipinski definition) is 3. The Morgan fingerprint density at radius 3 is 3.00 bits per heavy atom. The molecule has 2 N–H and O–H groups in total. The van der Waals surface area contributed by atoms with E-state index in [1.54, 1.807) is 7.11 Å². The van der Waals surface area contributed by atoms with Crippen LogP contribution in [0.4, 0.5) is 0 Å². The molecule has 1 heterocycles. The molecule has 1 saturated carbocycles. The van der Waals surface area contributed by atoms with Crippen LogP contribution in [0.1, 0.15) is 44.2 Å². The van der Waals surface area contributed by atoms with Crippen LogP contribution < -0.4 is 10.5 Å². The van der Waals surface area contributed by atoms with Crippen LogP contribution in [0.2, 0.25) is 0 Å². The van der Waals surface area contributed by atoms with Crippen LogP contribution in [-0.2, 0) is 6.54 Å². The van der Waals surface area contributed by atoms with Gasteiger partial charge in [0, 0.05) is 12.5 Å². The number of aryl methyl sites for hydroxylation is 1. The maximum atomic E-state index is 5.88. The number of ether oxygens (including phenoxy) is 1. The van der Waals surface area contributed by atoms with E-state index in [2.05, 4.69) is 16.7 Å². The normalized spacial score (nSPS) is 24.2. The van der Waals surface area contributed by atoms with Gasteiger partial charge in [-0.25, -0.2) is 0 Å². The van der Waals surface area contributed by atoms with Crippen LogP contribution in [0.25, 0.3) is 0 Å². The van der Waals surface area contributed by atoms with Crippen LogP contribution in [0.3, 0.4) is 0 Å². The van der Waals surface area contributed by atoms with Crippen LogP contribution in [0, 0.1) is 5.92 Å². The van der Waals surface area contributed by atoms with Crippen LogP contribution >= 0.6 is 0 Å². The zero-order chi connectivity index (χ0) is 12.3. The monoisotopic (exact) mass is 237 g/mol. The van der Waals surface area contributed by atoms with E-state index < -0.39 is 0 Å². The van der Waals surface area contributed by atoms with Crippen molar-refractivity contribution in [2.45, 2.75) is 45.1 Å². The molecule has 17 heavy (non-hydrogen) atoms. The second-order valence-electron chi connectivity index (χ2n) is 4.85. The van der Waals surface area contributed by atoms with Crippen LogP contribution in [-0.4, -0.2) is 23.4 Å². The number of nitrogens with zero attached hydrogens (tertiary/aromatic N) is 2. The molecule has 0 amide bonds. The molecule has 0 aliphatic heterocycles. The van der Waals surface area contributed by atoms with Gasteiger partial charge >= 0.3 is 0 Å². The summed E-state index contributed by atoms with van der Waals surface area (Å²) in [6, 6.07) is 0. The summed E-state index contributed by atoms with van der Waals surface area (Å²) in [5.41, 5.74) is 7.14. The van der Waals surface area contributed by atoms with Gasteiger partial charge in [0.25, 0.3) is 0 Å². The molecule has 0 aromatic carbocycles. The van der Waals surface area contributed by atoms with Gasteiger partial charge in [0.2, 0.25) is 0 Å². The third-order valence-electron chi connectivity index (χ3n) is 3.81. The number of methoxy groups -OCH3 is 1. The topological polar surface area (TPSA) is 53.1 Å². The molecule has 1 fully saturated rings. The Kier molecular flexibility index (Phi) is 4.05. The van der Waals surface area contributed by atoms with Crippen molar-refractivity contribution in [2.75, 3.05) is 13.7 Å². The molecular formula is C13H23N3O. The highest BCUT2D eigenvalue weighted by molar-refractivity contribution is 5.30. The lowest BCUT2D eigenvalue weighted by Gasteiger charge is -2.20. The maximum absolute atomic E-state index is 5.88. The van der Waals surface area contributed by atoms with Crippen molar-refractivity contribution >= 4 is 0 Å². The molecular weight excluding hydrogens is 214 g/mol. The lowest BCUT2D eigenvalue weighted by Crippen LogP contribution is -2.20. The van der Waals surface area contributed by atoms with E-state index in [0.717, 1.165) is 25.3 Å². The smallest absolute Gasteiger partial charge is 0.160 e. The average molecular weight is 237 g/mol. The molecule has 1 aromatic rings. The molecule has 2 rings (SSSR count). The summed E-state index contributed by atoms with van der Waals surface area (Å²) in [6.07, 6.45) is 6.66. The highest BCUT2D eigenvalue weighted by Crippen LogP contribution is 2.42. The van der Waals surface area contributed by atoms with Gasteiger partial charge in [-0.05, 0) is 31.7 Å². The fourth-order valence-corrected chi connectivity index (χ4v) is 2.98. The largest absolute Gasteiger partial charge is 0.493 e. The minimum Gasteiger partial charge on any atom is -0.493 e. The molecule has 1 aromatic heterocycles. The Bertz CT molecular complexity index is 362. The summed E-state index contributed by atoms with van der Waals surface area (Å²) in [5.74, 6) is 2.06. The Morgan fingerprint density at radius 1 is 1.53 bits per heavy atom. The second kappa shape index (κ2) is 5.54. The number of hydrogen-bond donors (Lipinski definition) is 1. The van der Waals surface area contributed by atoms with Crippen molar-refractivity contribution in [1.82, 2.24) is 9.78 Å². The van der Waals surface area contributed by atoms with E-state index in [-0.39, 0.29) is 0 Å². The molecule has 0 saturated heterocycles. The molecule has 96 valence electrons. The van der Waals surface area contributed by atoms with Crippen molar-refractivity contribution in [3.05, 3.63) is 11.9 Å². The SMILES string of the molecule is CCCn1ncc(OC)c1C1CCCC1CN. The number of nitrogens with two attached hydrogens (primary N) is 1. The second-order valence-corrected chi connectivity index (χ2v) is 4.85. The standard InChI is InChI=1S/C13H23N3O/c1-3-7-16-13(12(17-2)9-15-16)11-6-4-5-10(11)8-14/h9-11H,3-8,14H2,1-2H3. The van der Waals surface area contributed by atoms with Gasteiger partial charge in [-0.2, -0.15) is 5.10 Å². The summed E-state index contributed by atoms with van der Waals surface area (Å²) >= 11 is 0. The quantitative estimate of drug-likeness (QED) is 0.853. The van der Waals surface area contributed by atoms with E-state index in [0.29, 0.717) is 11.8 Å². The van der Waals surface area contributed by atoms with Gasteiger partial charge in [-0.1, -0.05) is 13.3 Å². The lowest BCUT2D eigenvalue weighted by molar-refractivity contribution is 0.385. The predicted molar refractivity (Wildman–Crippen MR) is 68.2 cm³/mol. The number of rotatable bonds is 5. The van der Waals surface area contributed by atoms with Gasteiger partial charge in [-0.3, -0.25) is 4.68 Å². The molecule has 4 nitrogen and oxygen atoms in total. The molecule has 0 spiro atoms. The zero-order valence-electron chi connectivity index (χ0n) is 10.9. The maximum Gasteiger partial charge on any atom is 0.160 e. The Morgan fingerprint density at radius 2 is 2.35 bits per heavy atom. The Balaban J connectivity index is 2.30. The highest BCUT2D eigenvalue weighted by atomic mass is 16.5. The van der Waals surface area contributed by atoms with Crippen molar-refractivity contribution < 1.29 is 4.74 Å². The molecule has 4 heteroatoms. The van der Waals surface area contributed by atoms with E-state index in [1.807, 2.05) is 6.20 Å². The van der Waals surface area contributed by atoms with Gasteiger partial charge in [0.15, 0.2) is 5.75 Å². The van der Waals surface area contributed by atoms with E-state index in [1.165, 1.54) is 25.0 Å². The fourth-order valence-electron chi connectivity index (χ4n) is 2.98. The van der Waals surface area contributed by atoms with Crippen LogP contribution in [0.15, 0.2) is 6.20 Å². The Hall–Kier alpha value is -1.03. The van der Waals surface area contributed by atoms with E-state index >= 15 is 0 Å². The van der Waals surface area contributed by atoms with Gasteiger partial charge in [-0.15, -0.1) is 0 Å². The highest BCUT2D eigenvalue weighted by Gasteiger charge is 2.32. The molecule has 0 radical (unpaired) electrons. The molecule has 2 atom stereocenters. The number of aromatic nitrogens is 2. The average Bonchev–Trinajstić information content (AvgIpc) is 2.94. The third-order valence-corrected chi connectivity index (χ3v) is 3.81. The van der Waals surface area contributed by atoms with E-state index in [4.69, 9.17) is 10.5 Å². The fraction of sp³-hybridized carbons (Fsp3) is 0.769. The van der Waals surface area contributed by atoms with Crippen molar-refractivity contribution in [3.63, 3.8) is 0 Å². The predicted octanol–water partition coefficient (Wildman–Crippen LogP) is 2.14. The first kappa shape index (κ1) is 12.4. The third kappa shape index (κ3) is 2.32. The zero-order valence-corrected chi connectivity index (χ0v) is 10.9. The van der Waals surface area contributed by atoms with Crippen molar-refractivity contribution in [3.8, 4) is 5.75 Å². The van der Waals surface area contributed by atoms with Crippen molar-refractivity contribution in [2.24, 2.45) is 11.7 Å². The summed E-state index contributed by atoms with van der Waals surface area (Å²) in [6.45, 7) is 3.91. The summed E-state index contributed by atoms with van der Waals surface area (Å²) in [4.78, 5) is 0. The Labute approximate surface area is 103 Å². The molecule has 1 aliphatic rings. The molecule has 2 unspecified atom stereocenters. The first-order valence-corrected chi connectivity index (χ1v) is 6.61. The summed E-state index contributed by atoms with van der Waals surface area (Å²) < 4.78 is 7.56. The minimum atomic E-state index is 0.531.